The molecule has 1 amide bonds. The molecule has 0 fully saturated rings. The van der Waals surface area contributed by atoms with Gasteiger partial charge in [-0.3, -0.25) is 4.79 Å². The molecule has 1 unspecified atom stereocenters. The van der Waals surface area contributed by atoms with E-state index in [4.69, 9.17) is 32.5 Å². The normalized spacial score (nSPS) is 14.9. The first-order chi connectivity index (χ1) is 7.58. The number of carbonyl (C=O) groups is 1. The van der Waals surface area contributed by atoms with Crippen molar-refractivity contribution in [3.8, 4) is 11.5 Å². The van der Waals surface area contributed by atoms with Crippen LogP contribution in [0.2, 0.25) is 5.02 Å². The summed E-state index contributed by atoms with van der Waals surface area (Å²) in [7, 11) is 0. The first-order valence-electron chi connectivity index (χ1n) is 4.71. The second-order valence-electron chi connectivity index (χ2n) is 3.50. The summed E-state index contributed by atoms with van der Waals surface area (Å²) in [5.41, 5.74) is 11.5. The number of nitrogens with two attached hydrogens (primary N) is 2. The Kier molecular flexibility index (Phi) is 2.89. The van der Waals surface area contributed by atoms with Crippen molar-refractivity contribution in [3.63, 3.8) is 0 Å². The van der Waals surface area contributed by atoms with E-state index < -0.39 is 11.9 Å². The molecule has 0 radical (unpaired) electrons. The second kappa shape index (κ2) is 4.19. The Morgan fingerprint density at radius 2 is 2.06 bits per heavy atom. The van der Waals surface area contributed by atoms with Crippen molar-refractivity contribution in [2.45, 2.75) is 12.5 Å². The van der Waals surface area contributed by atoms with Crippen molar-refractivity contribution in [1.29, 1.82) is 0 Å². The van der Waals surface area contributed by atoms with Crippen LogP contribution in [-0.4, -0.2) is 12.7 Å². The quantitative estimate of drug-likeness (QED) is 0.826. The molecule has 6 heteroatoms. The number of halogens is 1. The standard InChI is InChI=1S/C10H11ClN2O3/c11-6-2-9-8(15-4-16-9)1-5(6)7(12)3-10(13)14/h1-2,7H,3-4,12H2,(H2,13,14). The van der Waals surface area contributed by atoms with Crippen molar-refractivity contribution in [3.05, 3.63) is 22.7 Å². The fourth-order valence-electron chi connectivity index (χ4n) is 1.54. The van der Waals surface area contributed by atoms with E-state index in [1.54, 1.807) is 12.1 Å². The molecule has 1 aliphatic heterocycles. The predicted octanol–water partition coefficient (Wildman–Crippen LogP) is 0.944. The summed E-state index contributed by atoms with van der Waals surface area (Å²) in [6.45, 7) is 0.167. The molecule has 16 heavy (non-hydrogen) atoms. The van der Waals surface area contributed by atoms with E-state index in [2.05, 4.69) is 0 Å². The van der Waals surface area contributed by atoms with E-state index >= 15 is 0 Å². The third-order valence-electron chi connectivity index (χ3n) is 2.31. The minimum Gasteiger partial charge on any atom is -0.454 e. The highest BCUT2D eigenvalue weighted by molar-refractivity contribution is 6.31. The monoisotopic (exact) mass is 242 g/mol. The van der Waals surface area contributed by atoms with Crippen LogP contribution in [0.3, 0.4) is 0 Å². The van der Waals surface area contributed by atoms with E-state index in [1.807, 2.05) is 0 Å². The Balaban J connectivity index is 2.30. The van der Waals surface area contributed by atoms with Gasteiger partial charge in [-0.15, -0.1) is 0 Å². The van der Waals surface area contributed by atoms with Crippen LogP contribution < -0.4 is 20.9 Å². The smallest absolute Gasteiger partial charge is 0.231 e. The van der Waals surface area contributed by atoms with E-state index in [0.29, 0.717) is 22.1 Å². The molecule has 4 N–H and O–H groups in total. The molecule has 1 heterocycles. The van der Waals surface area contributed by atoms with Gasteiger partial charge in [0.1, 0.15) is 0 Å². The van der Waals surface area contributed by atoms with Gasteiger partial charge in [0.25, 0.3) is 0 Å². The fourth-order valence-corrected chi connectivity index (χ4v) is 1.84. The average molecular weight is 243 g/mol. The zero-order chi connectivity index (χ0) is 11.7. The molecule has 2 rings (SSSR count). The first-order valence-corrected chi connectivity index (χ1v) is 5.08. The third-order valence-corrected chi connectivity index (χ3v) is 2.64. The van der Waals surface area contributed by atoms with Crippen LogP contribution in [-0.2, 0) is 4.79 Å². The Labute approximate surface area is 97.3 Å². The Morgan fingerprint density at radius 1 is 1.44 bits per heavy atom. The summed E-state index contributed by atoms with van der Waals surface area (Å²) in [6, 6.07) is 2.78. The third kappa shape index (κ3) is 2.05. The minimum absolute atomic E-state index is 0.0410. The Hall–Kier alpha value is -1.46. The zero-order valence-electron chi connectivity index (χ0n) is 8.40. The summed E-state index contributed by atoms with van der Waals surface area (Å²) in [4.78, 5) is 10.8. The van der Waals surface area contributed by atoms with Gasteiger partial charge in [-0.05, 0) is 11.6 Å². The number of carbonyl (C=O) groups excluding carboxylic acids is 1. The maximum atomic E-state index is 10.8. The van der Waals surface area contributed by atoms with E-state index in [-0.39, 0.29) is 13.2 Å². The van der Waals surface area contributed by atoms with Gasteiger partial charge in [0, 0.05) is 23.6 Å². The van der Waals surface area contributed by atoms with Crippen LogP contribution in [0.5, 0.6) is 11.5 Å². The van der Waals surface area contributed by atoms with Crippen LogP contribution in [0.4, 0.5) is 0 Å². The van der Waals surface area contributed by atoms with Gasteiger partial charge in [-0.2, -0.15) is 0 Å². The van der Waals surface area contributed by atoms with Gasteiger partial charge in [-0.25, -0.2) is 0 Å². The van der Waals surface area contributed by atoms with Crippen LogP contribution in [0, 0.1) is 0 Å². The molecule has 0 saturated heterocycles. The molecular weight excluding hydrogens is 232 g/mol. The number of hydrogen-bond donors (Lipinski definition) is 2. The largest absolute Gasteiger partial charge is 0.454 e. The maximum Gasteiger partial charge on any atom is 0.231 e. The summed E-state index contributed by atoms with van der Waals surface area (Å²) >= 11 is 6.02. The highest BCUT2D eigenvalue weighted by atomic mass is 35.5. The van der Waals surface area contributed by atoms with Crippen molar-refractivity contribution in [2.24, 2.45) is 11.5 Å². The highest BCUT2D eigenvalue weighted by Gasteiger charge is 2.20. The molecule has 1 atom stereocenters. The lowest BCUT2D eigenvalue weighted by atomic mass is 10.0. The maximum absolute atomic E-state index is 10.8. The molecule has 0 aromatic heterocycles. The first kappa shape index (κ1) is 11.0. The number of ether oxygens (including phenoxy) is 2. The number of primary amides is 1. The topological polar surface area (TPSA) is 87.6 Å². The molecule has 0 bridgehead atoms. The molecule has 0 saturated carbocycles. The van der Waals surface area contributed by atoms with Crippen LogP contribution >= 0.6 is 11.6 Å². The molecule has 1 aliphatic rings. The molecule has 5 nitrogen and oxygen atoms in total. The summed E-state index contributed by atoms with van der Waals surface area (Å²) in [5, 5.41) is 0.443. The number of benzene rings is 1. The van der Waals surface area contributed by atoms with Gasteiger partial charge < -0.3 is 20.9 Å². The number of amides is 1. The molecular formula is C10H11ClN2O3. The number of fused-ring (bicyclic) bond motifs is 1. The molecule has 0 spiro atoms. The number of rotatable bonds is 3. The summed E-state index contributed by atoms with van der Waals surface area (Å²) in [6.07, 6.45) is 0.0410. The van der Waals surface area contributed by atoms with Crippen LogP contribution in [0.1, 0.15) is 18.0 Å². The Morgan fingerprint density at radius 3 is 2.69 bits per heavy atom. The average Bonchev–Trinajstić information content (AvgIpc) is 2.61. The van der Waals surface area contributed by atoms with Crippen LogP contribution in [0.25, 0.3) is 0 Å². The van der Waals surface area contributed by atoms with Gasteiger partial charge in [0.05, 0.1) is 0 Å². The van der Waals surface area contributed by atoms with Gasteiger partial charge >= 0.3 is 0 Å². The van der Waals surface area contributed by atoms with E-state index in [9.17, 15) is 4.79 Å². The lowest BCUT2D eigenvalue weighted by molar-refractivity contribution is -0.118. The lowest BCUT2D eigenvalue weighted by Crippen LogP contribution is -2.20. The summed E-state index contributed by atoms with van der Waals surface area (Å²) in [5.74, 6) is 0.695. The minimum atomic E-state index is -0.528. The fraction of sp³-hybridized carbons (Fsp3) is 0.300. The zero-order valence-corrected chi connectivity index (χ0v) is 9.16. The SMILES string of the molecule is NC(=O)CC(N)c1cc2c(cc1Cl)OCO2. The van der Waals surface area contributed by atoms with Gasteiger partial charge in [0.15, 0.2) is 11.5 Å². The second-order valence-corrected chi connectivity index (χ2v) is 3.91. The van der Waals surface area contributed by atoms with Crippen LogP contribution in [0.15, 0.2) is 12.1 Å². The summed E-state index contributed by atoms with van der Waals surface area (Å²) < 4.78 is 10.4. The molecule has 1 aromatic rings. The predicted molar refractivity (Wildman–Crippen MR) is 58.3 cm³/mol. The Bertz CT molecular complexity index is 436. The molecule has 86 valence electrons. The number of hydrogen-bond acceptors (Lipinski definition) is 4. The molecule has 1 aromatic carbocycles. The van der Waals surface area contributed by atoms with E-state index in [0.717, 1.165) is 0 Å². The van der Waals surface area contributed by atoms with E-state index in [1.165, 1.54) is 0 Å². The van der Waals surface area contributed by atoms with Gasteiger partial charge in [0.2, 0.25) is 12.7 Å². The van der Waals surface area contributed by atoms with Crippen molar-refractivity contribution < 1.29 is 14.3 Å². The van der Waals surface area contributed by atoms with Crippen molar-refractivity contribution in [2.75, 3.05) is 6.79 Å². The highest BCUT2D eigenvalue weighted by Crippen LogP contribution is 2.38. The molecule has 0 aliphatic carbocycles. The van der Waals surface area contributed by atoms with Crippen molar-refractivity contribution >= 4 is 17.5 Å². The van der Waals surface area contributed by atoms with Crippen molar-refractivity contribution in [1.82, 2.24) is 0 Å². The lowest BCUT2D eigenvalue weighted by Gasteiger charge is -2.12. The van der Waals surface area contributed by atoms with Gasteiger partial charge in [-0.1, -0.05) is 11.6 Å².